The van der Waals surface area contributed by atoms with E-state index in [1.165, 1.54) is 6.07 Å². The van der Waals surface area contributed by atoms with Crippen molar-refractivity contribution in [1.29, 1.82) is 0 Å². The number of aryl methyl sites for hydroxylation is 2. The molecule has 2 aromatic carbocycles. The van der Waals surface area contributed by atoms with E-state index in [-0.39, 0.29) is 17.2 Å². The maximum Gasteiger partial charge on any atom is 0.165 e. The summed E-state index contributed by atoms with van der Waals surface area (Å²) in [6.07, 6.45) is 1.79. The van der Waals surface area contributed by atoms with Crippen molar-refractivity contribution in [1.82, 2.24) is 0 Å². The van der Waals surface area contributed by atoms with Gasteiger partial charge in [-0.3, -0.25) is 0 Å². The van der Waals surface area contributed by atoms with E-state index in [1.54, 1.807) is 0 Å². The van der Waals surface area contributed by atoms with Crippen molar-refractivity contribution in [3.63, 3.8) is 0 Å². The zero-order valence-electron chi connectivity index (χ0n) is 11.1. The van der Waals surface area contributed by atoms with Gasteiger partial charge in [0.25, 0.3) is 0 Å². The predicted octanol–water partition coefficient (Wildman–Crippen LogP) is 3.60. The van der Waals surface area contributed by atoms with Gasteiger partial charge in [-0.25, -0.2) is 0 Å². The molecule has 0 aromatic heterocycles. The minimum Gasteiger partial charge on any atom is -0.508 e. The Morgan fingerprint density at radius 1 is 0.789 bits per heavy atom. The number of aromatic hydroxyl groups is 3. The Balaban J connectivity index is 2.64. The second-order valence-electron chi connectivity index (χ2n) is 4.61. The van der Waals surface area contributed by atoms with Gasteiger partial charge >= 0.3 is 0 Å². The monoisotopic (exact) mass is 258 g/mol. The molecule has 0 unspecified atom stereocenters. The van der Waals surface area contributed by atoms with Crippen LogP contribution in [0.5, 0.6) is 17.2 Å². The zero-order chi connectivity index (χ0) is 14.0. The van der Waals surface area contributed by atoms with Crippen molar-refractivity contribution in [3.05, 3.63) is 41.5 Å². The summed E-state index contributed by atoms with van der Waals surface area (Å²) in [6, 6.07) is 8.65. The van der Waals surface area contributed by atoms with E-state index in [0.29, 0.717) is 5.56 Å². The number of hydrogen-bond donors (Lipinski definition) is 3. The summed E-state index contributed by atoms with van der Waals surface area (Å²) in [7, 11) is 0. The zero-order valence-corrected chi connectivity index (χ0v) is 11.1. The second-order valence-corrected chi connectivity index (χ2v) is 4.61. The lowest BCUT2D eigenvalue weighted by Gasteiger charge is -2.11. The van der Waals surface area contributed by atoms with E-state index < -0.39 is 0 Å². The molecule has 0 aliphatic heterocycles. The van der Waals surface area contributed by atoms with Crippen molar-refractivity contribution >= 4 is 0 Å². The van der Waals surface area contributed by atoms with Crippen molar-refractivity contribution in [2.45, 2.75) is 26.7 Å². The lowest BCUT2D eigenvalue weighted by Crippen LogP contribution is -1.89. The highest BCUT2D eigenvalue weighted by Gasteiger charge is 2.12. The summed E-state index contributed by atoms with van der Waals surface area (Å²) in [5.41, 5.74) is 3.58. The van der Waals surface area contributed by atoms with Crippen LogP contribution in [0.2, 0.25) is 0 Å². The van der Waals surface area contributed by atoms with Gasteiger partial charge in [0.15, 0.2) is 11.5 Å². The first-order valence-electron chi connectivity index (χ1n) is 6.43. The van der Waals surface area contributed by atoms with Crippen LogP contribution in [0, 0.1) is 0 Å². The summed E-state index contributed by atoms with van der Waals surface area (Å²) in [5, 5.41) is 29.1. The van der Waals surface area contributed by atoms with Crippen LogP contribution < -0.4 is 0 Å². The number of benzene rings is 2. The fourth-order valence-corrected chi connectivity index (χ4v) is 2.15. The van der Waals surface area contributed by atoms with Crippen LogP contribution in [0.15, 0.2) is 30.3 Å². The summed E-state index contributed by atoms with van der Waals surface area (Å²) < 4.78 is 0. The van der Waals surface area contributed by atoms with Crippen LogP contribution in [-0.2, 0) is 12.8 Å². The topological polar surface area (TPSA) is 60.7 Å². The standard InChI is InChI=1S/C16H18O3/c1-3-10-5-11(4-2)7-12(6-10)14-8-13(17)9-15(18)16(14)19/h5-9,17-19H,3-4H2,1-2H3. The van der Waals surface area contributed by atoms with Gasteiger partial charge in [-0.15, -0.1) is 0 Å². The molecule has 100 valence electrons. The molecule has 0 aliphatic rings. The summed E-state index contributed by atoms with van der Waals surface area (Å²) >= 11 is 0. The van der Waals surface area contributed by atoms with Crippen LogP contribution in [0.25, 0.3) is 11.1 Å². The molecule has 3 nitrogen and oxygen atoms in total. The van der Waals surface area contributed by atoms with Gasteiger partial charge in [-0.05, 0) is 35.6 Å². The third kappa shape index (κ3) is 2.65. The number of hydrogen-bond acceptors (Lipinski definition) is 3. The Morgan fingerprint density at radius 3 is 1.89 bits per heavy atom. The molecule has 2 rings (SSSR count). The van der Waals surface area contributed by atoms with Crippen molar-refractivity contribution in [2.24, 2.45) is 0 Å². The lowest BCUT2D eigenvalue weighted by molar-refractivity contribution is 0.398. The molecule has 3 N–H and O–H groups in total. The van der Waals surface area contributed by atoms with Crippen LogP contribution in [0.3, 0.4) is 0 Å². The minimum absolute atomic E-state index is 0.0646. The molecule has 0 heterocycles. The number of phenols is 3. The molecule has 0 amide bonds. The molecule has 2 aromatic rings. The van der Waals surface area contributed by atoms with Gasteiger partial charge < -0.3 is 15.3 Å². The van der Waals surface area contributed by atoms with Crippen LogP contribution >= 0.6 is 0 Å². The molecule has 0 bridgehead atoms. The van der Waals surface area contributed by atoms with E-state index >= 15 is 0 Å². The number of rotatable bonds is 3. The van der Waals surface area contributed by atoms with E-state index in [1.807, 2.05) is 12.1 Å². The smallest absolute Gasteiger partial charge is 0.165 e. The number of phenolic OH excluding ortho intramolecular Hbond substituents is 3. The normalized spacial score (nSPS) is 10.6. The van der Waals surface area contributed by atoms with E-state index in [9.17, 15) is 15.3 Å². The van der Waals surface area contributed by atoms with Crippen LogP contribution in [-0.4, -0.2) is 15.3 Å². The summed E-state index contributed by atoms with van der Waals surface area (Å²) in [5.74, 6) is -0.576. The van der Waals surface area contributed by atoms with E-state index in [0.717, 1.165) is 35.6 Å². The average molecular weight is 258 g/mol. The Hall–Kier alpha value is -2.16. The summed E-state index contributed by atoms with van der Waals surface area (Å²) in [6.45, 7) is 4.14. The molecule has 0 saturated carbocycles. The first-order valence-corrected chi connectivity index (χ1v) is 6.43. The molecule has 0 radical (unpaired) electrons. The quantitative estimate of drug-likeness (QED) is 0.582. The molecular formula is C16H18O3. The maximum atomic E-state index is 9.94. The lowest BCUT2D eigenvalue weighted by atomic mass is 9.96. The minimum atomic E-state index is -0.310. The molecule has 19 heavy (non-hydrogen) atoms. The summed E-state index contributed by atoms with van der Waals surface area (Å²) in [4.78, 5) is 0. The molecule has 0 atom stereocenters. The van der Waals surface area contributed by atoms with Crippen molar-refractivity contribution in [3.8, 4) is 28.4 Å². The predicted molar refractivity (Wildman–Crippen MR) is 75.6 cm³/mol. The molecular weight excluding hydrogens is 240 g/mol. The average Bonchev–Trinajstić information content (AvgIpc) is 2.42. The molecule has 0 fully saturated rings. The highest BCUT2D eigenvalue weighted by atomic mass is 16.3. The maximum absolute atomic E-state index is 9.94. The molecule has 0 saturated heterocycles. The van der Waals surface area contributed by atoms with Crippen molar-refractivity contribution < 1.29 is 15.3 Å². The highest BCUT2D eigenvalue weighted by molar-refractivity contribution is 5.75. The third-order valence-electron chi connectivity index (χ3n) is 3.25. The first-order chi connectivity index (χ1) is 9.05. The molecule has 0 aliphatic carbocycles. The SMILES string of the molecule is CCc1cc(CC)cc(-c2cc(O)cc(O)c2O)c1. The Bertz CT molecular complexity index is 581. The van der Waals surface area contributed by atoms with Crippen LogP contribution in [0.4, 0.5) is 0 Å². The van der Waals surface area contributed by atoms with Gasteiger partial charge in [0.1, 0.15) is 5.75 Å². The van der Waals surface area contributed by atoms with E-state index in [4.69, 9.17) is 0 Å². The molecule has 0 spiro atoms. The second kappa shape index (κ2) is 5.22. The first kappa shape index (κ1) is 13.3. The Labute approximate surface area is 112 Å². The fourth-order valence-electron chi connectivity index (χ4n) is 2.15. The van der Waals surface area contributed by atoms with Gasteiger partial charge in [-0.2, -0.15) is 0 Å². The van der Waals surface area contributed by atoms with Gasteiger partial charge in [0.05, 0.1) is 0 Å². The van der Waals surface area contributed by atoms with E-state index in [2.05, 4.69) is 19.9 Å². The Kier molecular flexibility index (Phi) is 3.65. The third-order valence-corrected chi connectivity index (χ3v) is 3.25. The highest BCUT2D eigenvalue weighted by Crippen LogP contribution is 2.40. The largest absolute Gasteiger partial charge is 0.508 e. The van der Waals surface area contributed by atoms with Crippen molar-refractivity contribution in [2.75, 3.05) is 0 Å². The van der Waals surface area contributed by atoms with Gasteiger partial charge in [0, 0.05) is 11.6 Å². The molecule has 3 heteroatoms. The van der Waals surface area contributed by atoms with Crippen LogP contribution in [0.1, 0.15) is 25.0 Å². The van der Waals surface area contributed by atoms with Gasteiger partial charge in [-0.1, -0.05) is 32.0 Å². The fraction of sp³-hybridized carbons (Fsp3) is 0.250. The Morgan fingerprint density at radius 2 is 1.37 bits per heavy atom. The van der Waals surface area contributed by atoms with Gasteiger partial charge in [0.2, 0.25) is 0 Å².